The zero-order valence-electron chi connectivity index (χ0n) is 23.1. The molecule has 220 valence electrons. The molecule has 1 fully saturated rings. The molecule has 2 unspecified atom stereocenters. The molecule has 0 saturated carbocycles. The summed E-state index contributed by atoms with van der Waals surface area (Å²) in [7, 11) is 1.50. The number of likely N-dealkylation sites (tertiary alicyclic amines) is 1. The summed E-state index contributed by atoms with van der Waals surface area (Å²) in [4.78, 5) is 15.4. The van der Waals surface area contributed by atoms with Crippen LogP contribution in [0, 0.1) is 0 Å². The van der Waals surface area contributed by atoms with Crippen molar-refractivity contribution in [3.05, 3.63) is 94.2 Å². The first-order chi connectivity index (χ1) is 19.2. The fraction of sp³-hybridized carbons (Fsp3) is 0.387. The van der Waals surface area contributed by atoms with Crippen LogP contribution in [0.15, 0.2) is 83.6 Å². The van der Waals surface area contributed by atoms with Crippen LogP contribution < -0.4 is 9.47 Å². The Kier molecular flexibility index (Phi) is 8.62. The molecule has 10 heteroatoms. The van der Waals surface area contributed by atoms with Crippen molar-refractivity contribution in [3.63, 3.8) is 0 Å². The number of rotatable bonds is 6. The number of halogens is 5. The summed E-state index contributed by atoms with van der Waals surface area (Å²) in [5, 5.41) is 10.8. The van der Waals surface area contributed by atoms with Gasteiger partial charge in [-0.05, 0) is 68.5 Å². The van der Waals surface area contributed by atoms with Crippen molar-refractivity contribution in [2.24, 2.45) is 0 Å². The number of allylic oxidation sites excluding steroid dienone is 2. The van der Waals surface area contributed by atoms with Gasteiger partial charge in [0.1, 0.15) is 17.6 Å². The lowest BCUT2D eigenvalue weighted by atomic mass is 9.67. The van der Waals surface area contributed by atoms with Gasteiger partial charge in [0.15, 0.2) is 5.67 Å². The highest BCUT2D eigenvalue weighted by Crippen LogP contribution is 2.54. The van der Waals surface area contributed by atoms with E-state index in [1.54, 1.807) is 38.1 Å². The van der Waals surface area contributed by atoms with Gasteiger partial charge in [-0.2, -0.15) is 13.2 Å². The van der Waals surface area contributed by atoms with Crippen LogP contribution in [-0.4, -0.2) is 53.1 Å². The van der Waals surface area contributed by atoms with E-state index in [9.17, 15) is 27.5 Å². The predicted octanol–water partition coefficient (Wildman–Crippen LogP) is 7.31. The number of nitrogens with zero attached hydrogens (tertiary/aromatic N) is 1. The SMILES string of the molecule is C/C=C1\C(=C/C2=CC(C)(F)C2(O)C(F)(F)F)CC[C@H](Oc2cc(OC)ccc2Cl)CN1C(=O)[C@@H](C)c1ccccc1. The van der Waals surface area contributed by atoms with Crippen LogP contribution in [0.25, 0.3) is 0 Å². The summed E-state index contributed by atoms with van der Waals surface area (Å²) in [5.74, 6) is -0.0477. The largest absolute Gasteiger partial charge is 0.497 e. The van der Waals surface area contributed by atoms with E-state index < -0.39 is 35.0 Å². The van der Waals surface area contributed by atoms with Gasteiger partial charge in [0.25, 0.3) is 0 Å². The van der Waals surface area contributed by atoms with Gasteiger partial charge in [-0.1, -0.05) is 54.1 Å². The van der Waals surface area contributed by atoms with Crippen LogP contribution in [0.5, 0.6) is 11.5 Å². The maximum absolute atomic E-state index is 14.7. The quantitative estimate of drug-likeness (QED) is 0.357. The van der Waals surface area contributed by atoms with Gasteiger partial charge in [0.05, 0.1) is 24.6 Å². The molecule has 0 spiro atoms. The Morgan fingerprint density at radius 1 is 1.22 bits per heavy atom. The molecule has 1 N–H and O–H groups in total. The molecule has 1 aliphatic carbocycles. The molecular weight excluding hydrogens is 562 g/mol. The van der Waals surface area contributed by atoms with Gasteiger partial charge >= 0.3 is 6.18 Å². The fourth-order valence-corrected chi connectivity index (χ4v) is 5.44. The van der Waals surface area contributed by atoms with E-state index in [2.05, 4.69) is 0 Å². The van der Waals surface area contributed by atoms with Crippen LogP contribution in [0.2, 0.25) is 5.02 Å². The highest BCUT2D eigenvalue weighted by Gasteiger charge is 2.71. The highest BCUT2D eigenvalue weighted by atomic mass is 35.5. The van der Waals surface area contributed by atoms with Crippen molar-refractivity contribution in [2.45, 2.75) is 63.1 Å². The lowest BCUT2D eigenvalue weighted by Crippen LogP contribution is -2.65. The van der Waals surface area contributed by atoms with Crippen molar-refractivity contribution in [1.82, 2.24) is 4.90 Å². The molecule has 0 aromatic heterocycles. The third kappa shape index (κ3) is 5.75. The van der Waals surface area contributed by atoms with Gasteiger partial charge in [-0.3, -0.25) is 4.79 Å². The second-order valence-electron chi connectivity index (χ2n) is 10.4. The van der Waals surface area contributed by atoms with E-state index in [0.29, 0.717) is 41.1 Å². The van der Waals surface area contributed by atoms with E-state index in [1.165, 1.54) is 12.0 Å². The molecule has 0 bridgehead atoms. The molecule has 2 aromatic rings. The Bertz CT molecular complexity index is 1390. The number of methoxy groups -OCH3 is 1. The summed E-state index contributed by atoms with van der Waals surface area (Å²) in [6.07, 6.45) is -1.84. The molecule has 4 rings (SSSR count). The zero-order valence-corrected chi connectivity index (χ0v) is 23.9. The number of aliphatic hydroxyl groups is 1. The Morgan fingerprint density at radius 2 is 1.90 bits per heavy atom. The lowest BCUT2D eigenvalue weighted by Gasteiger charge is -2.47. The number of amides is 1. The standard InChI is InChI=1S/C31H32ClF4NO4/c1-5-26-21(15-22-17-29(3,33)30(22,39)31(34,35)36)11-12-24(41-27-16-23(40-4)13-14-25(27)32)18-37(26)28(38)19(2)20-9-7-6-8-10-20/h5-10,13-17,19,24,39H,11-12,18H2,1-4H3/b21-15-,26-5+/t19-,24-,29?,30?/m0/s1. The van der Waals surface area contributed by atoms with Gasteiger partial charge in [-0.25, -0.2) is 4.39 Å². The van der Waals surface area contributed by atoms with E-state index in [0.717, 1.165) is 17.7 Å². The van der Waals surface area contributed by atoms with Crippen LogP contribution in [0.1, 0.15) is 45.1 Å². The molecule has 1 amide bonds. The van der Waals surface area contributed by atoms with Crippen molar-refractivity contribution in [3.8, 4) is 11.5 Å². The highest BCUT2D eigenvalue weighted by molar-refractivity contribution is 6.32. The summed E-state index contributed by atoms with van der Waals surface area (Å²) in [5.41, 5.74) is -5.81. The Hall–Kier alpha value is -3.30. The topological polar surface area (TPSA) is 59.0 Å². The van der Waals surface area contributed by atoms with Crippen molar-refractivity contribution < 1.29 is 36.9 Å². The lowest BCUT2D eigenvalue weighted by molar-refractivity contribution is -0.285. The molecule has 41 heavy (non-hydrogen) atoms. The van der Waals surface area contributed by atoms with Crippen molar-refractivity contribution >= 4 is 17.5 Å². The second kappa shape index (κ2) is 11.5. The minimum atomic E-state index is -5.25. The normalized spacial score (nSPS) is 27.6. The molecule has 5 nitrogen and oxygen atoms in total. The van der Waals surface area contributed by atoms with Gasteiger partial charge in [-0.15, -0.1) is 0 Å². The van der Waals surface area contributed by atoms with E-state index in [-0.39, 0.29) is 18.9 Å². The van der Waals surface area contributed by atoms with Gasteiger partial charge in [0.2, 0.25) is 11.5 Å². The third-order valence-electron chi connectivity index (χ3n) is 7.67. The molecule has 0 radical (unpaired) electrons. The maximum atomic E-state index is 14.7. The number of carbonyl (C=O) groups is 1. The van der Waals surface area contributed by atoms with Crippen LogP contribution in [0.4, 0.5) is 17.6 Å². The van der Waals surface area contributed by atoms with Gasteiger partial charge in [0, 0.05) is 11.8 Å². The first kappa shape index (κ1) is 30.7. The van der Waals surface area contributed by atoms with E-state index in [4.69, 9.17) is 21.1 Å². The average Bonchev–Trinajstić information content (AvgIpc) is 3.11. The first-order valence-electron chi connectivity index (χ1n) is 13.2. The fourth-order valence-electron chi connectivity index (χ4n) is 5.28. The van der Waals surface area contributed by atoms with Crippen LogP contribution in [-0.2, 0) is 4.79 Å². The Labute approximate surface area is 241 Å². The van der Waals surface area contributed by atoms with Crippen LogP contribution >= 0.6 is 11.6 Å². The molecule has 1 aliphatic heterocycles. The minimum Gasteiger partial charge on any atom is -0.497 e. The zero-order chi connectivity index (χ0) is 30.2. The molecule has 1 heterocycles. The van der Waals surface area contributed by atoms with E-state index in [1.807, 2.05) is 30.3 Å². The maximum Gasteiger partial charge on any atom is 0.424 e. The third-order valence-corrected chi connectivity index (χ3v) is 7.99. The number of benzene rings is 2. The smallest absolute Gasteiger partial charge is 0.424 e. The average molecular weight is 594 g/mol. The minimum absolute atomic E-state index is 0.0734. The predicted molar refractivity (Wildman–Crippen MR) is 149 cm³/mol. The Morgan fingerprint density at radius 3 is 2.49 bits per heavy atom. The monoisotopic (exact) mass is 593 g/mol. The van der Waals surface area contributed by atoms with Crippen molar-refractivity contribution in [1.29, 1.82) is 0 Å². The molecule has 1 saturated heterocycles. The first-order valence-corrected chi connectivity index (χ1v) is 13.6. The van der Waals surface area contributed by atoms with Gasteiger partial charge < -0.3 is 19.5 Å². The number of hydrogen-bond donors (Lipinski definition) is 1. The number of alkyl halides is 4. The molecule has 2 aliphatic rings. The number of carbonyl (C=O) groups excluding carboxylic acids is 1. The van der Waals surface area contributed by atoms with Crippen LogP contribution in [0.3, 0.4) is 0 Å². The second-order valence-corrected chi connectivity index (χ2v) is 10.8. The van der Waals surface area contributed by atoms with E-state index >= 15 is 0 Å². The Balaban J connectivity index is 1.76. The molecule has 4 atom stereocenters. The summed E-state index contributed by atoms with van der Waals surface area (Å²) < 4.78 is 67.8. The molecule has 2 aromatic carbocycles. The summed E-state index contributed by atoms with van der Waals surface area (Å²) in [6, 6.07) is 14.0. The van der Waals surface area contributed by atoms with Crippen molar-refractivity contribution in [2.75, 3.05) is 13.7 Å². The number of ether oxygens (including phenoxy) is 2. The summed E-state index contributed by atoms with van der Waals surface area (Å²) in [6.45, 7) is 4.18. The number of hydrogen-bond acceptors (Lipinski definition) is 4. The molecular formula is C31H32ClF4NO4. The summed E-state index contributed by atoms with van der Waals surface area (Å²) >= 11 is 6.36.